The van der Waals surface area contributed by atoms with Crippen LogP contribution in [0.25, 0.3) is 0 Å². The number of hydrogen-bond acceptors (Lipinski definition) is 3. The van der Waals surface area contributed by atoms with E-state index in [0.717, 1.165) is 12.2 Å². The highest BCUT2D eigenvalue weighted by Crippen LogP contribution is 2.17. The Morgan fingerprint density at radius 2 is 2.31 bits per heavy atom. The van der Waals surface area contributed by atoms with Crippen LogP contribution in [-0.2, 0) is 11.3 Å². The standard InChI is InChI=1S/C11H16BrNO3/c1-3-6-11(2,10(14)15)13-7-8-4-5-9(12)16-8/h4-5,13H,3,6-7H2,1-2H3,(H,14,15). The highest BCUT2D eigenvalue weighted by Gasteiger charge is 2.31. The molecule has 0 radical (unpaired) electrons. The van der Waals surface area contributed by atoms with Crippen molar-refractivity contribution in [2.75, 3.05) is 0 Å². The number of carboxylic acid groups (broad SMARTS) is 1. The largest absolute Gasteiger partial charge is 0.480 e. The van der Waals surface area contributed by atoms with Gasteiger partial charge in [0.1, 0.15) is 11.3 Å². The summed E-state index contributed by atoms with van der Waals surface area (Å²) in [6.07, 6.45) is 1.40. The van der Waals surface area contributed by atoms with Crippen molar-refractivity contribution in [1.82, 2.24) is 5.32 Å². The first-order valence-corrected chi connectivity index (χ1v) is 6.00. The Morgan fingerprint density at radius 1 is 1.62 bits per heavy atom. The van der Waals surface area contributed by atoms with Crippen LogP contribution in [0.15, 0.2) is 21.2 Å². The first kappa shape index (κ1) is 13.3. The highest BCUT2D eigenvalue weighted by atomic mass is 79.9. The summed E-state index contributed by atoms with van der Waals surface area (Å²) in [7, 11) is 0. The highest BCUT2D eigenvalue weighted by molar-refractivity contribution is 9.10. The van der Waals surface area contributed by atoms with E-state index in [1.807, 2.05) is 13.0 Å². The minimum absolute atomic E-state index is 0.411. The molecule has 0 aromatic carbocycles. The van der Waals surface area contributed by atoms with Crippen molar-refractivity contribution in [2.45, 2.75) is 38.8 Å². The fourth-order valence-electron chi connectivity index (χ4n) is 1.50. The second-order valence-electron chi connectivity index (χ2n) is 3.95. The maximum Gasteiger partial charge on any atom is 0.323 e. The minimum atomic E-state index is -0.895. The molecule has 90 valence electrons. The fraction of sp³-hybridized carbons (Fsp3) is 0.545. The molecule has 1 aromatic rings. The SMILES string of the molecule is CCCC(C)(NCc1ccc(Br)o1)C(=O)O. The van der Waals surface area contributed by atoms with Crippen molar-refractivity contribution in [3.05, 3.63) is 22.6 Å². The Labute approximate surface area is 103 Å². The summed E-state index contributed by atoms with van der Waals surface area (Å²) in [5, 5.41) is 12.2. The number of rotatable bonds is 6. The predicted molar refractivity (Wildman–Crippen MR) is 64.2 cm³/mol. The number of halogens is 1. The second kappa shape index (κ2) is 5.50. The third-order valence-corrected chi connectivity index (χ3v) is 2.93. The summed E-state index contributed by atoms with van der Waals surface area (Å²) in [6, 6.07) is 3.60. The van der Waals surface area contributed by atoms with Crippen molar-refractivity contribution in [3.63, 3.8) is 0 Å². The lowest BCUT2D eigenvalue weighted by molar-refractivity contribution is -0.144. The Hall–Kier alpha value is -0.810. The van der Waals surface area contributed by atoms with Gasteiger partial charge in [-0.3, -0.25) is 10.1 Å². The van der Waals surface area contributed by atoms with Gasteiger partial charge in [-0.15, -0.1) is 0 Å². The summed E-state index contributed by atoms with van der Waals surface area (Å²) in [5.74, 6) is -0.115. The fourth-order valence-corrected chi connectivity index (χ4v) is 1.84. The van der Waals surface area contributed by atoms with Gasteiger partial charge in [0.25, 0.3) is 0 Å². The Balaban J connectivity index is 2.60. The molecule has 0 saturated heterocycles. The Morgan fingerprint density at radius 3 is 2.75 bits per heavy atom. The molecule has 1 unspecified atom stereocenters. The number of nitrogens with one attached hydrogen (secondary N) is 1. The van der Waals surface area contributed by atoms with Gasteiger partial charge in [-0.25, -0.2) is 0 Å². The molecule has 4 nitrogen and oxygen atoms in total. The summed E-state index contributed by atoms with van der Waals surface area (Å²) >= 11 is 3.20. The molecule has 1 atom stereocenters. The van der Waals surface area contributed by atoms with E-state index in [2.05, 4.69) is 21.2 Å². The zero-order chi connectivity index (χ0) is 12.2. The van der Waals surface area contributed by atoms with E-state index in [-0.39, 0.29) is 0 Å². The van der Waals surface area contributed by atoms with Crippen LogP contribution in [0, 0.1) is 0 Å². The summed E-state index contributed by atoms with van der Waals surface area (Å²) < 4.78 is 5.95. The maximum absolute atomic E-state index is 11.1. The first-order chi connectivity index (χ1) is 7.48. The quantitative estimate of drug-likeness (QED) is 0.845. The molecule has 0 fully saturated rings. The molecule has 0 saturated carbocycles. The molecule has 0 bridgehead atoms. The molecule has 1 rings (SSSR count). The van der Waals surface area contributed by atoms with Gasteiger partial charge in [-0.05, 0) is 41.4 Å². The van der Waals surface area contributed by atoms with Crippen LogP contribution < -0.4 is 5.32 Å². The van der Waals surface area contributed by atoms with Gasteiger partial charge < -0.3 is 9.52 Å². The van der Waals surface area contributed by atoms with E-state index in [1.54, 1.807) is 13.0 Å². The lowest BCUT2D eigenvalue weighted by Crippen LogP contribution is -2.48. The third-order valence-electron chi connectivity index (χ3n) is 2.50. The molecule has 0 amide bonds. The molecule has 0 aliphatic heterocycles. The van der Waals surface area contributed by atoms with Gasteiger partial charge in [0.2, 0.25) is 0 Å². The summed E-state index contributed by atoms with van der Waals surface area (Å²) in [5.41, 5.74) is -0.895. The van der Waals surface area contributed by atoms with Crippen LogP contribution in [0.5, 0.6) is 0 Å². The van der Waals surface area contributed by atoms with E-state index >= 15 is 0 Å². The van der Waals surface area contributed by atoms with Gasteiger partial charge in [0.05, 0.1) is 6.54 Å². The summed E-state index contributed by atoms with van der Waals surface area (Å²) in [6.45, 7) is 4.07. The van der Waals surface area contributed by atoms with Crippen LogP contribution in [0.3, 0.4) is 0 Å². The second-order valence-corrected chi connectivity index (χ2v) is 4.73. The zero-order valence-electron chi connectivity index (χ0n) is 9.42. The van der Waals surface area contributed by atoms with Gasteiger partial charge in [0.15, 0.2) is 4.67 Å². The Kier molecular flexibility index (Phi) is 4.56. The third kappa shape index (κ3) is 3.35. The van der Waals surface area contributed by atoms with Crippen molar-refractivity contribution in [2.24, 2.45) is 0 Å². The van der Waals surface area contributed by atoms with E-state index in [9.17, 15) is 4.79 Å². The Bertz CT molecular complexity index is 364. The number of aliphatic carboxylic acids is 1. The molecular weight excluding hydrogens is 274 g/mol. The van der Waals surface area contributed by atoms with Crippen molar-refractivity contribution >= 4 is 21.9 Å². The topological polar surface area (TPSA) is 62.5 Å². The summed E-state index contributed by atoms with van der Waals surface area (Å²) in [4.78, 5) is 11.1. The minimum Gasteiger partial charge on any atom is -0.480 e. The van der Waals surface area contributed by atoms with Crippen molar-refractivity contribution in [1.29, 1.82) is 0 Å². The lowest BCUT2D eigenvalue weighted by atomic mass is 9.96. The monoisotopic (exact) mass is 289 g/mol. The van der Waals surface area contributed by atoms with Crippen LogP contribution in [0.1, 0.15) is 32.4 Å². The van der Waals surface area contributed by atoms with Crippen LogP contribution in [0.4, 0.5) is 0 Å². The smallest absolute Gasteiger partial charge is 0.323 e. The first-order valence-electron chi connectivity index (χ1n) is 5.20. The average molecular weight is 290 g/mol. The maximum atomic E-state index is 11.1. The van der Waals surface area contributed by atoms with Gasteiger partial charge in [-0.1, -0.05) is 13.3 Å². The predicted octanol–water partition coefficient (Wildman–Crippen LogP) is 2.78. The van der Waals surface area contributed by atoms with Crippen molar-refractivity contribution in [3.8, 4) is 0 Å². The molecule has 0 aliphatic rings. The van der Waals surface area contributed by atoms with Crippen LogP contribution >= 0.6 is 15.9 Å². The molecule has 1 heterocycles. The molecule has 2 N–H and O–H groups in total. The average Bonchev–Trinajstić information content (AvgIpc) is 2.61. The molecule has 16 heavy (non-hydrogen) atoms. The van der Waals surface area contributed by atoms with Crippen LogP contribution in [0.2, 0.25) is 0 Å². The van der Waals surface area contributed by atoms with Crippen LogP contribution in [-0.4, -0.2) is 16.6 Å². The van der Waals surface area contributed by atoms with E-state index in [1.165, 1.54) is 0 Å². The van der Waals surface area contributed by atoms with E-state index in [0.29, 0.717) is 17.6 Å². The normalized spacial score (nSPS) is 14.7. The van der Waals surface area contributed by atoms with E-state index in [4.69, 9.17) is 9.52 Å². The number of furan rings is 1. The molecule has 5 heteroatoms. The van der Waals surface area contributed by atoms with Gasteiger partial charge in [-0.2, -0.15) is 0 Å². The molecule has 0 spiro atoms. The van der Waals surface area contributed by atoms with E-state index < -0.39 is 11.5 Å². The molecule has 1 aromatic heterocycles. The zero-order valence-corrected chi connectivity index (χ0v) is 11.0. The number of carbonyl (C=O) groups is 1. The van der Waals surface area contributed by atoms with Crippen molar-refractivity contribution < 1.29 is 14.3 Å². The number of carboxylic acids is 1. The van der Waals surface area contributed by atoms with Gasteiger partial charge >= 0.3 is 5.97 Å². The number of hydrogen-bond donors (Lipinski definition) is 2. The lowest BCUT2D eigenvalue weighted by Gasteiger charge is -2.25. The van der Waals surface area contributed by atoms with Gasteiger partial charge in [0, 0.05) is 0 Å². The molecule has 0 aliphatic carbocycles. The molecular formula is C11H16BrNO3.